The van der Waals surface area contributed by atoms with Gasteiger partial charge in [0.05, 0.1) is 17.7 Å². The van der Waals surface area contributed by atoms with Gasteiger partial charge in [-0.05, 0) is 41.3 Å². The number of hydroxylamine groups is 2. The molecule has 0 unspecified atom stereocenters. The summed E-state index contributed by atoms with van der Waals surface area (Å²) in [6, 6.07) is 23.1. The first-order chi connectivity index (χ1) is 16.5. The summed E-state index contributed by atoms with van der Waals surface area (Å²) in [5, 5.41) is 20.0. The Labute approximate surface area is 196 Å². The molecule has 0 spiro atoms. The normalized spacial score (nSPS) is 15.0. The van der Waals surface area contributed by atoms with Crippen molar-refractivity contribution in [2.75, 3.05) is 13.2 Å². The number of aliphatic carboxylic acids is 1. The third kappa shape index (κ3) is 5.34. The van der Waals surface area contributed by atoms with Gasteiger partial charge in [-0.2, -0.15) is 5.26 Å². The highest BCUT2D eigenvalue weighted by Gasteiger charge is 2.34. The van der Waals surface area contributed by atoms with Gasteiger partial charge in [0.2, 0.25) is 0 Å². The molecule has 0 fully saturated rings. The van der Waals surface area contributed by atoms with Crippen LogP contribution in [-0.4, -0.2) is 35.4 Å². The maximum absolute atomic E-state index is 12.5. The largest absolute Gasteiger partial charge is 0.528 e. The van der Waals surface area contributed by atoms with E-state index in [-0.39, 0.29) is 12.4 Å². The highest BCUT2D eigenvalue weighted by Crippen LogP contribution is 2.40. The van der Waals surface area contributed by atoms with Crippen LogP contribution in [0.3, 0.4) is 0 Å². The van der Waals surface area contributed by atoms with Crippen molar-refractivity contribution in [3.63, 3.8) is 0 Å². The van der Waals surface area contributed by atoms with Gasteiger partial charge in [0.25, 0.3) is 0 Å². The number of rotatable bonds is 7. The number of benzene rings is 3. The number of hydrogen-bond acceptors (Lipinski definition) is 7. The Hall–Kier alpha value is -4.35. The highest BCUT2D eigenvalue weighted by molar-refractivity contribution is 5.68. The molecule has 1 aliphatic heterocycles. The molecule has 3 aromatic carbocycles. The molecule has 0 radical (unpaired) electrons. The zero-order valence-electron chi connectivity index (χ0n) is 18.2. The quantitative estimate of drug-likeness (QED) is 0.524. The molecular weight excluding hydrogens is 436 g/mol. The van der Waals surface area contributed by atoms with E-state index in [1.807, 2.05) is 54.6 Å². The minimum Gasteiger partial charge on any atom is -0.482 e. The Kier molecular flexibility index (Phi) is 7.06. The summed E-state index contributed by atoms with van der Waals surface area (Å²) >= 11 is 0. The van der Waals surface area contributed by atoms with Gasteiger partial charge in [-0.3, -0.25) is 0 Å². The summed E-state index contributed by atoms with van der Waals surface area (Å²) in [6.45, 7) is -0.115. The second-order valence-corrected chi connectivity index (χ2v) is 7.65. The molecule has 4 rings (SSSR count). The summed E-state index contributed by atoms with van der Waals surface area (Å²) in [5.74, 6) is -0.841. The van der Waals surface area contributed by atoms with E-state index in [9.17, 15) is 14.9 Å². The Bertz CT molecular complexity index is 1220. The minimum atomic E-state index is -1.13. The number of carboxylic acid groups (broad SMARTS) is 1. The summed E-state index contributed by atoms with van der Waals surface area (Å²) in [6.07, 6.45) is -0.236. The Morgan fingerprint density at radius 2 is 1.79 bits per heavy atom. The van der Waals surface area contributed by atoms with Crippen molar-refractivity contribution in [1.82, 2.24) is 5.06 Å². The van der Waals surface area contributed by atoms with Crippen LogP contribution in [0.1, 0.15) is 33.9 Å². The summed E-state index contributed by atoms with van der Waals surface area (Å²) in [4.78, 5) is 29.3. The van der Waals surface area contributed by atoms with Gasteiger partial charge in [0.15, 0.2) is 6.61 Å². The lowest BCUT2D eigenvalue weighted by Gasteiger charge is -2.36. The molecule has 0 amide bonds. The number of hydrogen-bond donors (Lipinski definition) is 1. The van der Waals surface area contributed by atoms with E-state index in [0.717, 1.165) is 16.7 Å². The highest BCUT2D eigenvalue weighted by atomic mass is 16.8. The first kappa shape index (κ1) is 22.8. The molecule has 3 aromatic rings. The first-order valence-electron chi connectivity index (χ1n) is 10.7. The van der Waals surface area contributed by atoms with Crippen LogP contribution in [0.4, 0.5) is 4.79 Å². The third-order valence-electron chi connectivity index (χ3n) is 5.42. The van der Waals surface area contributed by atoms with Gasteiger partial charge in [-0.1, -0.05) is 54.6 Å². The molecular formula is C26H22N2O6. The Morgan fingerprint density at radius 1 is 1.03 bits per heavy atom. The van der Waals surface area contributed by atoms with Gasteiger partial charge in [0, 0.05) is 12.1 Å². The summed E-state index contributed by atoms with van der Waals surface area (Å²) in [5.41, 5.74) is 3.62. The third-order valence-corrected chi connectivity index (χ3v) is 5.42. The molecule has 0 bridgehead atoms. The van der Waals surface area contributed by atoms with E-state index in [1.165, 1.54) is 5.06 Å². The monoisotopic (exact) mass is 458 g/mol. The van der Waals surface area contributed by atoms with Crippen LogP contribution in [0.25, 0.3) is 0 Å². The average Bonchev–Trinajstić information content (AvgIpc) is 2.86. The molecule has 1 atom stereocenters. The first-order valence-corrected chi connectivity index (χ1v) is 10.7. The number of ether oxygens (including phenoxy) is 2. The van der Waals surface area contributed by atoms with E-state index in [0.29, 0.717) is 24.1 Å². The van der Waals surface area contributed by atoms with Crippen LogP contribution in [0.5, 0.6) is 5.75 Å². The van der Waals surface area contributed by atoms with Crippen LogP contribution < -0.4 is 4.74 Å². The van der Waals surface area contributed by atoms with Crippen LogP contribution in [0.2, 0.25) is 0 Å². The second kappa shape index (κ2) is 10.5. The van der Waals surface area contributed by atoms with Crippen molar-refractivity contribution in [3.8, 4) is 11.8 Å². The van der Waals surface area contributed by atoms with Crippen molar-refractivity contribution in [2.24, 2.45) is 0 Å². The van der Waals surface area contributed by atoms with Crippen molar-refractivity contribution in [1.29, 1.82) is 5.26 Å². The van der Waals surface area contributed by atoms with E-state index >= 15 is 0 Å². The minimum absolute atomic E-state index is 0.0612. The number of carboxylic acids is 1. The van der Waals surface area contributed by atoms with E-state index in [1.54, 1.807) is 18.2 Å². The fourth-order valence-electron chi connectivity index (χ4n) is 3.91. The smallest absolute Gasteiger partial charge is 0.482 e. The lowest BCUT2D eigenvalue weighted by atomic mass is 9.88. The molecule has 1 aliphatic rings. The second-order valence-electron chi connectivity index (χ2n) is 7.65. The van der Waals surface area contributed by atoms with Crippen LogP contribution in [0, 0.1) is 11.3 Å². The van der Waals surface area contributed by atoms with Crippen molar-refractivity contribution >= 4 is 12.1 Å². The van der Waals surface area contributed by atoms with Crippen LogP contribution >= 0.6 is 0 Å². The number of nitriles is 1. The lowest BCUT2D eigenvalue weighted by Crippen LogP contribution is -2.38. The predicted octanol–water partition coefficient (Wildman–Crippen LogP) is 4.24. The average molecular weight is 458 g/mol. The number of nitrogens with zero attached hydrogens (tertiary/aromatic N) is 2. The Morgan fingerprint density at radius 3 is 2.56 bits per heavy atom. The molecule has 34 heavy (non-hydrogen) atoms. The SMILES string of the molecule is N#Cc1ccc(OCC(=O)O)c([C@@H]2c3ccccc3CCN2OC(=O)OCc2ccccc2)c1. The number of carbonyl (C=O) groups is 2. The molecule has 0 saturated heterocycles. The van der Waals surface area contributed by atoms with Gasteiger partial charge < -0.3 is 19.4 Å². The van der Waals surface area contributed by atoms with E-state index < -0.39 is 24.8 Å². The molecule has 0 aromatic heterocycles. The maximum atomic E-state index is 12.5. The predicted molar refractivity (Wildman–Crippen MR) is 121 cm³/mol. The van der Waals surface area contributed by atoms with Gasteiger partial charge >= 0.3 is 12.1 Å². The topological polar surface area (TPSA) is 109 Å². The van der Waals surface area contributed by atoms with Crippen molar-refractivity contribution < 1.29 is 29.0 Å². The van der Waals surface area contributed by atoms with Crippen LogP contribution in [-0.2, 0) is 27.4 Å². The lowest BCUT2D eigenvalue weighted by molar-refractivity contribution is -0.152. The van der Waals surface area contributed by atoms with Crippen molar-refractivity contribution in [3.05, 3.63) is 101 Å². The fraction of sp³-hybridized carbons (Fsp3) is 0.192. The van der Waals surface area contributed by atoms with E-state index in [4.69, 9.17) is 19.4 Å². The maximum Gasteiger partial charge on any atom is 0.528 e. The summed E-state index contributed by atoms with van der Waals surface area (Å²) in [7, 11) is 0. The zero-order chi connectivity index (χ0) is 23.9. The standard InChI is InChI=1S/C26H22N2O6/c27-15-19-10-11-23(32-17-24(29)30)22(14-19)25-21-9-5-4-8-20(21)12-13-28(25)34-26(31)33-16-18-6-2-1-3-7-18/h1-11,14,25H,12-13,16-17H2,(H,29,30)/t25-/m0/s1. The zero-order valence-corrected chi connectivity index (χ0v) is 18.2. The summed E-state index contributed by atoms with van der Waals surface area (Å²) < 4.78 is 10.8. The Balaban J connectivity index is 1.65. The molecule has 172 valence electrons. The molecule has 8 nitrogen and oxygen atoms in total. The number of fused-ring (bicyclic) bond motifs is 1. The molecule has 1 heterocycles. The van der Waals surface area contributed by atoms with Gasteiger partial charge in [-0.25, -0.2) is 9.59 Å². The van der Waals surface area contributed by atoms with Crippen molar-refractivity contribution in [2.45, 2.75) is 19.1 Å². The van der Waals surface area contributed by atoms with Gasteiger partial charge in [0.1, 0.15) is 12.4 Å². The fourth-order valence-corrected chi connectivity index (χ4v) is 3.91. The van der Waals surface area contributed by atoms with Crippen LogP contribution in [0.15, 0.2) is 72.8 Å². The number of carbonyl (C=O) groups excluding carboxylic acids is 1. The molecule has 1 N–H and O–H groups in total. The van der Waals surface area contributed by atoms with E-state index in [2.05, 4.69) is 6.07 Å². The van der Waals surface area contributed by atoms with Gasteiger partial charge in [-0.15, -0.1) is 5.06 Å². The molecule has 0 aliphatic carbocycles. The molecule has 0 saturated carbocycles. The molecule has 8 heteroatoms.